The SMILES string of the molecule is Cc1cccc(CC(=O)NC(CC(C)C)C(=O)O)c1Cl. The van der Waals surface area contributed by atoms with Crippen molar-refractivity contribution in [3.8, 4) is 0 Å². The summed E-state index contributed by atoms with van der Waals surface area (Å²) in [6.45, 7) is 5.70. The number of carbonyl (C=O) groups excluding carboxylic acids is 1. The molecule has 5 heteroatoms. The Hall–Kier alpha value is -1.55. The predicted octanol–water partition coefficient (Wildman–Crippen LogP) is 2.81. The fourth-order valence-corrected chi connectivity index (χ4v) is 2.15. The molecule has 0 aromatic heterocycles. The molecule has 0 aliphatic rings. The number of rotatable bonds is 6. The van der Waals surface area contributed by atoms with Crippen molar-refractivity contribution in [1.82, 2.24) is 5.32 Å². The van der Waals surface area contributed by atoms with E-state index in [2.05, 4.69) is 5.32 Å². The van der Waals surface area contributed by atoms with E-state index in [1.165, 1.54) is 0 Å². The molecule has 2 N–H and O–H groups in total. The van der Waals surface area contributed by atoms with Crippen molar-refractivity contribution in [2.75, 3.05) is 0 Å². The summed E-state index contributed by atoms with van der Waals surface area (Å²) in [7, 11) is 0. The van der Waals surface area contributed by atoms with Gasteiger partial charge in [0.15, 0.2) is 0 Å². The molecular weight excluding hydrogens is 278 g/mol. The van der Waals surface area contributed by atoms with Crippen LogP contribution in [0.2, 0.25) is 5.02 Å². The first-order valence-corrected chi connectivity index (χ1v) is 6.95. The van der Waals surface area contributed by atoms with E-state index in [-0.39, 0.29) is 18.2 Å². The lowest BCUT2D eigenvalue weighted by Crippen LogP contribution is -2.42. The second-order valence-electron chi connectivity index (χ2n) is 5.31. The lowest BCUT2D eigenvalue weighted by atomic mass is 10.0. The third kappa shape index (κ3) is 4.85. The summed E-state index contributed by atoms with van der Waals surface area (Å²) in [4.78, 5) is 23.0. The van der Waals surface area contributed by atoms with Crippen LogP contribution < -0.4 is 5.32 Å². The molecule has 0 aliphatic carbocycles. The standard InChI is InChI=1S/C15H20ClNO3/c1-9(2)7-12(15(19)20)17-13(18)8-11-6-4-5-10(3)14(11)16/h4-6,9,12H,7-8H2,1-3H3,(H,17,18)(H,19,20). The Labute approximate surface area is 124 Å². The zero-order chi connectivity index (χ0) is 15.3. The molecule has 1 amide bonds. The summed E-state index contributed by atoms with van der Waals surface area (Å²) in [5.74, 6) is -1.15. The Morgan fingerprint density at radius 3 is 2.55 bits per heavy atom. The zero-order valence-corrected chi connectivity index (χ0v) is 12.7. The number of halogens is 1. The first-order valence-electron chi connectivity index (χ1n) is 6.57. The second-order valence-corrected chi connectivity index (χ2v) is 5.69. The third-order valence-corrected chi connectivity index (χ3v) is 3.50. The molecule has 0 fully saturated rings. The van der Waals surface area contributed by atoms with Gasteiger partial charge in [0.05, 0.1) is 6.42 Å². The zero-order valence-electron chi connectivity index (χ0n) is 11.9. The fourth-order valence-electron chi connectivity index (χ4n) is 1.96. The van der Waals surface area contributed by atoms with Gasteiger partial charge >= 0.3 is 5.97 Å². The first kappa shape index (κ1) is 16.5. The third-order valence-electron chi connectivity index (χ3n) is 2.96. The molecule has 0 bridgehead atoms. The van der Waals surface area contributed by atoms with E-state index in [4.69, 9.17) is 16.7 Å². The molecule has 110 valence electrons. The van der Waals surface area contributed by atoms with Gasteiger partial charge in [0.1, 0.15) is 6.04 Å². The van der Waals surface area contributed by atoms with Crippen molar-refractivity contribution in [2.24, 2.45) is 5.92 Å². The van der Waals surface area contributed by atoms with Gasteiger partial charge in [-0.3, -0.25) is 4.79 Å². The van der Waals surface area contributed by atoms with Crippen LogP contribution in [0.25, 0.3) is 0 Å². The van der Waals surface area contributed by atoms with Crippen LogP contribution in [0, 0.1) is 12.8 Å². The number of carboxylic acids is 1. The average molecular weight is 298 g/mol. The molecule has 4 nitrogen and oxygen atoms in total. The summed E-state index contributed by atoms with van der Waals surface area (Å²) in [5.41, 5.74) is 1.60. The lowest BCUT2D eigenvalue weighted by Gasteiger charge is -2.16. The Morgan fingerprint density at radius 2 is 2.00 bits per heavy atom. The minimum absolute atomic E-state index is 0.0857. The Bertz CT molecular complexity index is 500. The van der Waals surface area contributed by atoms with Crippen LogP contribution in [0.3, 0.4) is 0 Å². The minimum atomic E-state index is -1.01. The number of carboxylic acid groups (broad SMARTS) is 1. The molecule has 1 unspecified atom stereocenters. The summed E-state index contributed by atoms with van der Waals surface area (Å²) < 4.78 is 0. The van der Waals surface area contributed by atoms with Gasteiger partial charge in [0.25, 0.3) is 0 Å². The Balaban J connectivity index is 2.71. The van der Waals surface area contributed by atoms with Gasteiger partial charge in [-0.2, -0.15) is 0 Å². The number of hydrogen-bond donors (Lipinski definition) is 2. The average Bonchev–Trinajstić information content (AvgIpc) is 2.33. The molecule has 0 spiro atoms. The molecule has 0 aliphatic heterocycles. The molecule has 20 heavy (non-hydrogen) atoms. The van der Waals surface area contributed by atoms with Gasteiger partial charge < -0.3 is 10.4 Å². The lowest BCUT2D eigenvalue weighted by molar-refractivity contribution is -0.142. The van der Waals surface area contributed by atoms with E-state index < -0.39 is 12.0 Å². The number of nitrogens with one attached hydrogen (secondary N) is 1. The van der Waals surface area contributed by atoms with E-state index in [1.54, 1.807) is 6.07 Å². The largest absolute Gasteiger partial charge is 0.480 e. The minimum Gasteiger partial charge on any atom is -0.480 e. The van der Waals surface area contributed by atoms with Gasteiger partial charge in [-0.25, -0.2) is 4.79 Å². The second kappa shape index (κ2) is 7.29. The number of benzene rings is 1. The number of amides is 1. The monoisotopic (exact) mass is 297 g/mol. The quantitative estimate of drug-likeness (QED) is 0.848. The summed E-state index contributed by atoms with van der Waals surface area (Å²) in [5, 5.41) is 12.2. The van der Waals surface area contributed by atoms with Crippen LogP contribution in [0.15, 0.2) is 18.2 Å². The predicted molar refractivity (Wildman–Crippen MR) is 78.9 cm³/mol. The highest BCUT2D eigenvalue weighted by Gasteiger charge is 2.21. The van der Waals surface area contributed by atoms with Crippen LogP contribution >= 0.6 is 11.6 Å². The molecule has 0 saturated carbocycles. The maximum absolute atomic E-state index is 11.9. The van der Waals surface area contributed by atoms with Gasteiger partial charge in [0.2, 0.25) is 5.91 Å². The van der Waals surface area contributed by atoms with E-state index in [0.717, 1.165) is 5.56 Å². The van der Waals surface area contributed by atoms with E-state index >= 15 is 0 Å². The van der Waals surface area contributed by atoms with E-state index in [1.807, 2.05) is 32.9 Å². The van der Waals surface area contributed by atoms with Crippen LogP contribution in [0.4, 0.5) is 0 Å². The van der Waals surface area contributed by atoms with Crippen LogP contribution in [0.1, 0.15) is 31.4 Å². The number of aliphatic carboxylic acids is 1. The van der Waals surface area contributed by atoms with Gasteiger partial charge in [-0.15, -0.1) is 0 Å². The molecule has 0 radical (unpaired) electrons. The summed E-state index contributed by atoms with van der Waals surface area (Å²) in [6, 6.07) is 4.61. The van der Waals surface area contributed by atoms with E-state index in [0.29, 0.717) is 17.0 Å². The van der Waals surface area contributed by atoms with Crippen molar-refractivity contribution < 1.29 is 14.7 Å². The molecule has 1 aromatic rings. The van der Waals surface area contributed by atoms with Gasteiger partial charge in [0, 0.05) is 5.02 Å². The van der Waals surface area contributed by atoms with Gasteiger partial charge in [-0.05, 0) is 30.4 Å². The maximum Gasteiger partial charge on any atom is 0.326 e. The van der Waals surface area contributed by atoms with Crippen LogP contribution in [-0.2, 0) is 16.0 Å². The summed E-state index contributed by atoms with van der Waals surface area (Å²) in [6.07, 6.45) is 0.491. The normalized spacial score (nSPS) is 12.2. The van der Waals surface area contributed by atoms with Crippen molar-refractivity contribution in [3.05, 3.63) is 34.3 Å². The van der Waals surface area contributed by atoms with Gasteiger partial charge in [-0.1, -0.05) is 43.6 Å². The first-order chi connectivity index (χ1) is 9.31. The van der Waals surface area contributed by atoms with Crippen molar-refractivity contribution in [2.45, 2.75) is 39.7 Å². The number of hydrogen-bond acceptors (Lipinski definition) is 2. The smallest absolute Gasteiger partial charge is 0.326 e. The Morgan fingerprint density at radius 1 is 1.35 bits per heavy atom. The topological polar surface area (TPSA) is 66.4 Å². The highest BCUT2D eigenvalue weighted by Crippen LogP contribution is 2.20. The van der Waals surface area contributed by atoms with Crippen LogP contribution in [-0.4, -0.2) is 23.0 Å². The molecule has 0 saturated heterocycles. The molecule has 1 atom stereocenters. The molecular formula is C15H20ClNO3. The van der Waals surface area contributed by atoms with E-state index in [9.17, 15) is 9.59 Å². The number of aryl methyl sites for hydroxylation is 1. The fraction of sp³-hybridized carbons (Fsp3) is 0.467. The van der Waals surface area contributed by atoms with Crippen LogP contribution in [0.5, 0.6) is 0 Å². The molecule has 1 aromatic carbocycles. The van der Waals surface area contributed by atoms with Crippen molar-refractivity contribution in [3.63, 3.8) is 0 Å². The highest BCUT2D eigenvalue weighted by molar-refractivity contribution is 6.32. The highest BCUT2D eigenvalue weighted by atomic mass is 35.5. The van der Waals surface area contributed by atoms with Crippen molar-refractivity contribution in [1.29, 1.82) is 0 Å². The number of carbonyl (C=O) groups is 2. The Kier molecular flexibility index (Phi) is 6.02. The van der Waals surface area contributed by atoms with Crippen molar-refractivity contribution >= 4 is 23.5 Å². The molecule has 0 heterocycles. The molecule has 1 rings (SSSR count). The maximum atomic E-state index is 11.9. The summed E-state index contributed by atoms with van der Waals surface area (Å²) >= 11 is 6.12.